The Morgan fingerprint density at radius 1 is 1.27 bits per heavy atom. The fourth-order valence-corrected chi connectivity index (χ4v) is 3.40. The van der Waals surface area contributed by atoms with Gasteiger partial charge in [0, 0.05) is 18.9 Å². The number of nitro benzene ring substituents is 1. The van der Waals surface area contributed by atoms with Gasteiger partial charge in [0.2, 0.25) is 0 Å². The van der Waals surface area contributed by atoms with Crippen molar-refractivity contribution in [2.45, 2.75) is 26.3 Å². The van der Waals surface area contributed by atoms with E-state index < -0.39 is 4.92 Å². The molecule has 26 heavy (non-hydrogen) atoms. The monoisotopic (exact) mass is 359 g/mol. The van der Waals surface area contributed by atoms with Crippen LogP contribution >= 0.6 is 0 Å². The third kappa shape index (κ3) is 4.11. The highest BCUT2D eigenvalue weighted by atomic mass is 16.6. The van der Waals surface area contributed by atoms with Gasteiger partial charge in [0.15, 0.2) is 5.76 Å². The van der Waals surface area contributed by atoms with Crippen LogP contribution in [-0.2, 0) is 16.1 Å². The van der Waals surface area contributed by atoms with Crippen molar-refractivity contribution in [1.29, 1.82) is 0 Å². The van der Waals surface area contributed by atoms with Crippen molar-refractivity contribution < 1.29 is 23.8 Å². The molecule has 0 unspecified atom stereocenters. The molecule has 0 aliphatic carbocycles. The summed E-state index contributed by atoms with van der Waals surface area (Å²) >= 11 is 0. The first-order valence-corrected chi connectivity index (χ1v) is 8.91. The zero-order chi connectivity index (χ0) is 18.5. The molecule has 2 heterocycles. The molecular weight excluding hydrogens is 336 g/mol. The van der Waals surface area contributed by atoms with E-state index in [1.54, 1.807) is 24.3 Å². The van der Waals surface area contributed by atoms with Gasteiger partial charge in [-0.2, -0.15) is 0 Å². The minimum Gasteiger partial charge on any atom is -0.466 e. The summed E-state index contributed by atoms with van der Waals surface area (Å²) in [4.78, 5) is 23.9. The third-order valence-corrected chi connectivity index (χ3v) is 4.76. The number of hydrogen-bond donors (Lipinski definition) is 1. The molecule has 7 heteroatoms. The van der Waals surface area contributed by atoms with Gasteiger partial charge in [-0.15, -0.1) is 0 Å². The first-order chi connectivity index (χ1) is 12.6. The molecule has 1 aliphatic rings. The lowest BCUT2D eigenvalue weighted by Crippen LogP contribution is -3.11. The average molecular weight is 359 g/mol. The van der Waals surface area contributed by atoms with E-state index in [0.29, 0.717) is 24.5 Å². The van der Waals surface area contributed by atoms with Gasteiger partial charge in [-0.25, -0.2) is 0 Å². The highest BCUT2D eigenvalue weighted by molar-refractivity contribution is 5.72. The van der Waals surface area contributed by atoms with Gasteiger partial charge in [0.1, 0.15) is 12.3 Å². The third-order valence-electron chi connectivity index (χ3n) is 4.76. The van der Waals surface area contributed by atoms with Gasteiger partial charge < -0.3 is 14.1 Å². The molecule has 138 valence electrons. The number of carbonyl (C=O) groups is 1. The zero-order valence-electron chi connectivity index (χ0n) is 14.8. The van der Waals surface area contributed by atoms with Gasteiger partial charge in [0.05, 0.1) is 36.1 Å². The van der Waals surface area contributed by atoms with Crippen molar-refractivity contribution in [2.75, 3.05) is 19.7 Å². The van der Waals surface area contributed by atoms with Crippen molar-refractivity contribution >= 4 is 11.7 Å². The molecule has 1 aromatic carbocycles. The number of para-hydroxylation sites is 1. The lowest BCUT2D eigenvalue weighted by molar-refractivity contribution is -0.920. The number of piperidine rings is 1. The molecule has 1 aromatic heterocycles. The summed E-state index contributed by atoms with van der Waals surface area (Å²) < 4.78 is 11.0. The van der Waals surface area contributed by atoms with Gasteiger partial charge >= 0.3 is 5.97 Å². The number of rotatable bonds is 6. The number of nitrogens with one attached hydrogen (secondary N) is 1. The Labute approximate surface area is 151 Å². The molecule has 1 N–H and O–H groups in total. The van der Waals surface area contributed by atoms with Crippen LogP contribution in [0.5, 0.6) is 0 Å². The van der Waals surface area contributed by atoms with Crippen LogP contribution in [0, 0.1) is 16.0 Å². The minimum absolute atomic E-state index is 0.00201. The van der Waals surface area contributed by atoms with Crippen LogP contribution in [0.15, 0.2) is 40.8 Å². The van der Waals surface area contributed by atoms with Crippen LogP contribution < -0.4 is 4.90 Å². The zero-order valence-corrected chi connectivity index (χ0v) is 14.8. The molecule has 7 nitrogen and oxygen atoms in total. The molecule has 0 spiro atoms. The number of nitro groups is 1. The normalized spacial score (nSPS) is 19.9. The number of quaternary nitrogens is 1. The van der Waals surface area contributed by atoms with Crippen molar-refractivity contribution in [1.82, 2.24) is 0 Å². The molecule has 0 amide bonds. The van der Waals surface area contributed by atoms with E-state index >= 15 is 0 Å². The lowest BCUT2D eigenvalue weighted by atomic mass is 9.97. The summed E-state index contributed by atoms with van der Waals surface area (Å²) in [5.41, 5.74) is 0.524. The first kappa shape index (κ1) is 18.1. The smallest absolute Gasteiger partial charge is 0.309 e. The van der Waals surface area contributed by atoms with Crippen molar-refractivity contribution in [3.63, 3.8) is 0 Å². The summed E-state index contributed by atoms with van der Waals surface area (Å²) in [5, 5.41) is 11.2. The summed E-state index contributed by atoms with van der Waals surface area (Å²) in [6.45, 7) is 4.71. The maximum atomic E-state index is 11.8. The second-order valence-corrected chi connectivity index (χ2v) is 6.49. The number of benzene rings is 1. The van der Waals surface area contributed by atoms with Gasteiger partial charge in [-0.3, -0.25) is 14.9 Å². The largest absolute Gasteiger partial charge is 0.466 e. The Bertz CT molecular complexity index is 778. The SMILES string of the molecule is CCOC(=O)C1CC[NH+](Cc2ccc(-c3ccccc3[N+](=O)[O-])o2)CC1. The van der Waals surface area contributed by atoms with Crippen LogP contribution in [0.3, 0.4) is 0 Å². The molecule has 2 aromatic rings. The number of hydrogen-bond acceptors (Lipinski definition) is 5. The summed E-state index contributed by atoms with van der Waals surface area (Å²) in [7, 11) is 0. The van der Waals surface area contributed by atoms with Gasteiger partial charge in [0.25, 0.3) is 5.69 Å². The highest BCUT2D eigenvalue weighted by Crippen LogP contribution is 2.30. The number of likely N-dealkylation sites (tertiary alicyclic amines) is 1. The minimum atomic E-state index is -0.400. The second kappa shape index (κ2) is 8.14. The Hall–Kier alpha value is -2.67. The number of ether oxygens (including phenoxy) is 1. The standard InChI is InChI=1S/C19H22N2O5/c1-2-25-19(22)14-9-11-20(12-10-14)13-15-7-8-18(26-15)16-5-3-4-6-17(16)21(23)24/h3-8,14H,2,9-13H2,1H3/p+1. The summed E-state index contributed by atoms with van der Waals surface area (Å²) in [5.74, 6) is 1.21. The van der Waals surface area contributed by atoms with E-state index in [4.69, 9.17) is 9.15 Å². The quantitative estimate of drug-likeness (QED) is 0.485. The van der Waals surface area contributed by atoms with Crippen LogP contribution in [0.2, 0.25) is 0 Å². The Kier molecular flexibility index (Phi) is 5.68. The topological polar surface area (TPSA) is 87.0 Å². The molecule has 1 aliphatic heterocycles. The van der Waals surface area contributed by atoms with Crippen LogP contribution in [0.1, 0.15) is 25.5 Å². The van der Waals surface area contributed by atoms with E-state index in [1.807, 2.05) is 13.0 Å². The second-order valence-electron chi connectivity index (χ2n) is 6.49. The predicted octanol–water partition coefficient (Wildman–Crippen LogP) is 2.21. The molecule has 0 bridgehead atoms. The molecule has 0 radical (unpaired) electrons. The molecule has 3 rings (SSSR count). The maximum Gasteiger partial charge on any atom is 0.309 e. The van der Waals surface area contributed by atoms with E-state index in [9.17, 15) is 14.9 Å². The number of esters is 1. The van der Waals surface area contributed by atoms with Crippen molar-refractivity contribution in [3.8, 4) is 11.3 Å². The maximum absolute atomic E-state index is 11.8. The number of nitrogens with zero attached hydrogens (tertiary/aromatic N) is 1. The Morgan fingerprint density at radius 3 is 2.69 bits per heavy atom. The van der Waals surface area contributed by atoms with E-state index in [0.717, 1.165) is 31.7 Å². The van der Waals surface area contributed by atoms with Crippen LogP contribution in [0.25, 0.3) is 11.3 Å². The fourth-order valence-electron chi connectivity index (χ4n) is 3.40. The molecular formula is C19H23N2O5+. The van der Waals surface area contributed by atoms with Crippen molar-refractivity contribution in [3.05, 3.63) is 52.3 Å². The Balaban J connectivity index is 1.62. The Morgan fingerprint density at radius 2 is 2.00 bits per heavy atom. The van der Waals surface area contributed by atoms with E-state index in [-0.39, 0.29) is 17.6 Å². The fraction of sp³-hybridized carbons (Fsp3) is 0.421. The lowest BCUT2D eigenvalue weighted by Gasteiger charge is -2.27. The number of carbonyl (C=O) groups excluding carboxylic acids is 1. The molecule has 0 atom stereocenters. The number of furan rings is 1. The molecule has 1 saturated heterocycles. The van der Waals surface area contributed by atoms with Crippen molar-refractivity contribution in [2.24, 2.45) is 5.92 Å². The summed E-state index contributed by atoms with van der Waals surface area (Å²) in [6, 6.07) is 10.2. The first-order valence-electron chi connectivity index (χ1n) is 8.91. The predicted molar refractivity (Wildman–Crippen MR) is 94.6 cm³/mol. The average Bonchev–Trinajstić information content (AvgIpc) is 3.11. The van der Waals surface area contributed by atoms with E-state index in [1.165, 1.54) is 11.0 Å². The summed E-state index contributed by atoms with van der Waals surface area (Å²) in [6.07, 6.45) is 1.62. The molecule has 0 saturated carbocycles. The molecule has 1 fully saturated rings. The van der Waals surface area contributed by atoms with Crippen LogP contribution in [-0.4, -0.2) is 30.6 Å². The van der Waals surface area contributed by atoms with Gasteiger partial charge in [-0.05, 0) is 25.1 Å². The van der Waals surface area contributed by atoms with E-state index in [2.05, 4.69) is 0 Å². The van der Waals surface area contributed by atoms with Crippen LogP contribution in [0.4, 0.5) is 5.69 Å². The highest BCUT2D eigenvalue weighted by Gasteiger charge is 2.29. The van der Waals surface area contributed by atoms with Gasteiger partial charge in [-0.1, -0.05) is 12.1 Å².